The molecule has 0 fully saturated rings. The van der Waals surface area contributed by atoms with Gasteiger partial charge in [0.25, 0.3) is 0 Å². The Labute approximate surface area is 108 Å². The van der Waals surface area contributed by atoms with E-state index >= 15 is 0 Å². The summed E-state index contributed by atoms with van der Waals surface area (Å²) in [5.74, 6) is 1.09. The first-order valence-corrected chi connectivity index (χ1v) is 6.26. The van der Waals surface area contributed by atoms with Crippen molar-refractivity contribution in [2.75, 3.05) is 0 Å². The number of benzene rings is 1. The van der Waals surface area contributed by atoms with E-state index in [0.717, 1.165) is 0 Å². The minimum absolute atomic E-state index is 0.138. The second kappa shape index (κ2) is 5.68. The van der Waals surface area contributed by atoms with Crippen molar-refractivity contribution in [3.63, 3.8) is 0 Å². The molecular weight excluding hydrogens is 234 g/mol. The Balaban J connectivity index is 2.95. The molecule has 1 unspecified atom stereocenters. The quantitative estimate of drug-likeness (QED) is 0.730. The highest BCUT2D eigenvalue weighted by Gasteiger charge is 2.28. The van der Waals surface area contributed by atoms with Crippen molar-refractivity contribution < 1.29 is 13.5 Å². The first-order valence-electron chi connectivity index (χ1n) is 6.26. The Bertz CT molecular complexity index is 363. The summed E-state index contributed by atoms with van der Waals surface area (Å²) in [6.45, 7) is 8.18. The van der Waals surface area contributed by atoms with Gasteiger partial charge in [-0.2, -0.15) is 8.78 Å². The van der Waals surface area contributed by atoms with Crippen LogP contribution in [0.15, 0.2) is 24.3 Å². The average molecular weight is 256 g/mol. The van der Waals surface area contributed by atoms with Gasteiger partial charge in [-0.05, 0) is 34.9 Å². The van der Waals surface area contributed by atoms with Crippen LogP contribution in [0.2, 0.25) is 0 Å². The molecule has 0 saturated carbocycles. The normalized spacial score (nSPS) is 14.1. The van der Waals surface area contributed by atoms with Gasteiger partial charge in [0.15, 0.2) is 0 Å². The molecule has 0 aromatic heterocycles. The highest BCUT2D eigenvalue weighted by Crippen LogP contribution is 2.40. The summed E-state index contributed by atoms with van der Waals surface area (Å²) in [4.78, 5) is 0. The van der Waals surface area contributed by atoms with E-state index in [0.29, 0.717) is 11.8 Å². The van der Waals surface area contributed by atoms with Crippen LogP contribution in [0.1, 0.15) is 46.1 Å². The van der Waals surface area contributed by atoms with Gasteiger partial charge in [-0.25, -0.2) is 0 Å². The first-order chi connectivity index (χ1) is 8.21. The van der Waals surface area contributed by atoms with Gasteiger partial charge in [0, 0.05) is 0 Å². The molecule has 0 radical (unpaired) electrons. The van der Waals surface area contributed by atoms with Crippen LogP contribution in [-0.2, 0) is 0 Å². The second-order valence-corrected chi connectivity index (χ2v) is 6.04. The predicted octanol–water partition coefficient (Wildman–Crippen LogP) is 5.07. The molecule has 1 atom stereocenters. The maximum atomic E-state index is 12.1. The average Bonchev–Trinajstić information content (AvgIpc) is 2.17. The lowest BCUT2D eigenvalue weighted by atomic mass is 9.70. The van der Waals surface area contributed by atoms with Gasteiger partial charge in [-0.1, -0.05) is 46.8 Å². The fraction of sp³-hybridized carbons (Fsp3) is 0.600. The van der Waals surface area contributed by atoms with Crippen LogP contribution in [0, 0.1) is 11.3 Å². The van der Waals surface area contributed by atoms with Crippen LogP contribution in [-0.4, -0.2) is 6.61 Å². The van der Waals surface area contributed by atoms with E-state index in [9.17, 15) is 8.78 Å². The van der Waals surface area contributed by atoms with E-state index in [1.54, 1.807) is 12.1 Å². The number of hydrogen-bond donors (Lipinski definition) is 0. The third-order valence-corrected chi connectivity index (χ3v) is 3.06. The summed E-state index contributed by atoms with van der Waals surface area (Å²) in [7, 11) is 0. The van der Waals surface area contributed by atoms with Crippen LogP contribution in [0.4, 0.5) is 8.78 Å². The maximum Gasteiger partial charge on any atom is 0.387 e. The monoisotopic (exact) mass is 256 g/mol. The number of halogens is 2. The smallest absolute Gasteiger partial charge is 0.387 e. The molecule has 1 aromatic rings. The third kappa shape index (κ3) is 3.97. The van der Waals surface area contributed by atoms with E-state index in [1.165, 1.54) is 5.56 Å². The van der Waals surface area contributed by atoms with Crippen LogP contribution in [0.25, 0.3) is 0 Å². The van der Waals surface area contributed by atoms with Crippen molar-refractivity contribution >= 4 is 0 Å². The summed E-state index contributed by atoms with van der Waals surface area (Å²) in [5.41, 5.74) is 1.30. The van der Waals surface area contributed by atoms with Crippen LogP contribution < -0.4 is 4.74 Å². The van der Waals surface area contributed by atoms with Crippen molar-refractivity contribution in [3.8, 4) is 5.75 Å². The Kier molecular flexibility index (Phi) is 4.71. The van der Waals surface area contributed by atoms with Gasteiger partial charge in [0.1, 0.15) is 5.75 Å². The lowest BCUT2D eigenvalue weighted by Gasteiger charge is -2.34. The van der Waals surface area contributed by atoms with Crippen molar-refractivity contribution in [3.05, 3.63) is 29.8 Å². The molecule has 102 valence electrons. The number of alkyl halides is 2. The molecule has 0 aliphatic carbocycles. The lowest BCUT2D eigenvalue weighted by molar-refractivity contribution is -0.0498. The van der Waals surface area contributed by atoms with Crippen molar-refractivity contribution in [2.24, 2.45) is 11.3 Å². The first kappa shape index (κ1) is 14.9. The zero-order chi connectivity index (χ0) is 13.9. The summed E-state index contributed by atoms with van der Waals surface area (Å²) < 4.78 is 28.5. The third-order valence-electron chi connectivity index (χ3n) is 3.06. The molecule has 0 bridgehead atoms. The highest BCUT2D eigenvalue weighted by atomic mass is 19.3. The Morgan fingerprint density at radius 1 is 1.00 bits per heavy atom. The Morgan fingerprint density at radius 3 is 1.83 bits per heavy atom. The topological polar surface area (TPSA) is 9.23 Å². The Hall–Kier alpha value is -1.12. The van der Waals surface area contributed by atoms with Gasteiger partial charge in [0.05, 0.1) is 0 Å². The molecule has 0 amide bonds. The fourth-order valence-electron chi connectivity index (χ4n) is 2.74. The second-order valence-electron chi connectivity index (χ2n) is 6.04. The van der Waals surface area contributed by atoms with Crippen LogP contribution in [0.5, 0.6) is 5.75 Å². The van der Waals surface area contributed by atoms with Crippen LogP contribution in [0.3, 0.4) is 0 Å². The minimum Gasteiger partial charge on any atom is -0.435 e. The van der Waals surface area contributed by atoms with E-state index in [1.807, 2.05) is 12.1 Å². The largest absolute Gasteiger partial charge is 0.435 e. The summed E-state index contributed by atoms with van der Waals surface area (Å²) in [5, 5.41) is 0. The minimum atomic E-state index is -2.76. The lowest BCUT2D eigenvalue weighted by Crippen LogP contribution is -2.23. The summed E-state index contributed by atoms with van der Waals surface area (Å²) in [6.07, 6.45) is 0. The Morgan fingerprint density at radius 2 is 1.50 bits per heavy atom. The molecule has 0 N–H and O–H groups in total. The zero-order valence-corrected chi connectivity index (χ0v) is 11.7. The molecule has 0 aliphatic heterocycles. The van der Waals surface area contributed by atoms with Crippen molar-refractivity contribution in [1.82, 2.24) is 0 Å². The molecule has 0 saturated heterocycles. The molecule has 1 rings (SSSR count). The molecule has 1 aromatic carbocycles. The molecule has 3 heteroatoms. The summed E-state index contributed by atoms with van der Waals surface area (Å²) in [6, 6.07) is 6.99. The SMILES string of the molecule is CC(C)C(c1ccc(OC(F)F)cc1)C(C)(C)C. The molecule has 0 spiro atoms. The van der Waals surface area contributed by atoms with Gasteiger partial charge >= 0.3 is 6.61 Å². The van der Waals surface area contributed by atoms with Crippen molar-refractivity contribution in [2.45, 2.75) is 47.1 Å². The predicted molar refractivity (Wildman–Crippen MR) is 70.1 cm³/mol. The van der Waals surface area contributed by atoms with E-state index in [2.05, 4.69) is 39.4 Å². The van der Waals surface area contributed by atoms with Crippen LogP contribution >= 0.6 is 0 Å². The number of rotatable bonds is 4. The molecule has 18 heavy (non-hydrogen) atoms. The van der Waals surface area contributed by atoms with E-state index < -0.39 is 6.61 Å². The maximum absolute atomic E-state index is 12.1. The van der Waals surface area contributed by atoms with Gasteiger partial charge < -0.3 is 4.74 Å². The van der Waals surface area contributed by atoms with E-state index in [4.69, 9.17) is 0 Å². The van der Waals surface area contributed by atoms with Crippen molar-refractivity contribution in [1.29, 1.82) is 0 Å². The van der Waals surface area contributed by atoms with Gasteiger partial charge in [0.2, 0.25) is 0 Å². The van der Waals surface area contributed by atoms with Gasteiger partial charge in [-0.15, -0.1) is 0 Å². The molecule has 1 nitrogen and oxygen atoms in total. The standard InChI is InChI=1S/C15H22F2O/c1-10(2)13(15(3,4)5)11-6-8-12(9-7-11)18-14(16)17/h6-10,13-14H,1-5H3. The summed E-state index contributed by atoms with van der Waals surface area (Å²) >= 11 is 0. The molecular formula is C15H22F2O. The molecule has 0 heterocycles. The van der Waals surface area contributed by atoms with E-state index in [-0.39, 0.29) is 11.2 Å². The zero-order valence-electron chi connectivity index (χ0n) is 11.7. The number of hydrogen-bond acceptors (Lipinski definition) is 1. The highest BCUT2D eigenvalue weighted by molar-refractivity contribution is 5.30. The van der Waals surface area contributed by atoms with Gasteiger partial charge in [-0.3, -0.25) is 0 Å². The molecule has 0 aliphatic rings. The fourth-order valence-corrected chi connectivity index (χ4v) is 2.74. The number of ether oxygens (including phenoxy) is 1.